The molecule has 1 aromatic carbocycles. The summed E-state index contributed by atoms with van der Waals surface area (Å²) in [4.78, 5) is 29.5. The van der Waals surface area contributed by atoms with Gasteiger partial charge in [0.1, 0.15) is 17.0 Å². The molecule has 6 nitrogen and oxygen atoms in total. The Balaban J connectivity index is 1.44. The number of hydrogen-bond donors (Lipinski definition) is 1. The highest BCUT2D eigenvalue weighted by Crippen LogP contribution is 2.36. The van der Waals surface area contributed by atoms with E-state index < -0.39 is 5.54 Å². The van der Waals surface area contributed by atoms with Crippen LogP contribution in [0.15, 0.2) is 41.8 Å². The molecule has 7 heteroatoms. The van der Waals surface area contributed by atoms with Crippen LogP contribution in [0.1, 0.15) is 68.9 Å². The molecule has 5 rings (SSSR count). The van der Waals surface area contributed by atoms with E-state index in [4.69, 9.17) is 4.74 Å². The van der Waals surface area contributed by atoms with E-state index in [1.54, 1.807) is 16.2 Å². The summed E-state index contributed by atoms with van der Waals surface area (Å²) in [6, 6.07) is 12.1. The zero-order chi connectivity index (χ0) is 24.6. The maximum Gasteiger partial charge on any atom is 0.271 e. The molecule has 0 bridgehead atoms. The number of carbonyl (C=O) groups excluding carboxylic acids is 2. The molecule has 35 heavy (non-hydrogen) atoms. The van der Waals surface area contributed by atoms with E-state index in [0.717, 1.165) is 53.6 Å². The molecular weight excluding hydrogens is 458 g/mol. The maximum absolute atomic E-state index is 13.9. The Kier molecular flexibility index (Phi) is 6.62. The number of nitrogens with one attached hydrogen (secondary N) is 1. The second-order valence-corrected chi connectivity index (χ2v) is 11.3. The fraction of sp³-hybridized carbons (Fsp3) is 0.500. The van der Waals surface area contributed by atoms with Crippen molar-refractivity contribution in [3.8, 4) is 5.75 Å². The molecule has 1 fully saturated rings. The highest BCUT2D eigenvalue weighted by atomic mass is 32.1. The van der Waals surface area contributed by atoms with Crippen LogP contribution in [-0.4, -0.2) is 39.5 Å². The predicted octanol–water partition coefficient (Wildman–Crippen LogP) is 5.60. The summed E-state index contributed by atoms with van der Waals surface area (Å²) in [5, 5.41) is 5.36. The maximum atomic E-state index is 13.9. The first-order valence-corrected chi connectivity index (χ1v) is 13.7. The minimum absolute atomic E-state index is 0.0592. The number of aromatic nitrogens is 1. The topological polar surface area (TPSA) is 63.6 Å². The van der Waals surface area contributed by atoms with Crippen molar-refractivity contribution < 1.29 is 14.3 Å². The van der Waals surface area contributed by atoms with Gasteiger partial charge >= 0.3 is 0 Å². The van der Waals surface area contributed by atoms with Gasteiger partial charge in [0.15, 0.2) is 0 Å². The van der Waals surface area contributed by atoms with Crippen molar-refractivity contribution in [3.05, 3.63) is 53.0 Å². The van der Waals surface area contributed by atoms with Gasteiger partial charge < -0.3 is 19.5 Å². The van der Waals surface area contributed by atoms with Crippen LogP contribution in [0, 0.1) is 5.92 Å². The van der Waals surface area contributed by atoms with Crippen molar-refractivity contribution in [2.45, 2.75) is 77.5 Å². The largest absolute Gasteiger partial charge is 0.494 e. The van der Waals surface area contributed by atoms with Crippen LogP contribution in [0.5, 0.6) is 5.75 Å². The van der Waals surface area contributed by atoms with Crippen LogP contribution in [0.25, 0.3) is 10.2 Å². The molecule has 2 aliphatic rings. The molecule has 0 saturated heterocycles. The van der Waals surface area contributed by atoms with Crippen molar-refractivity contribution in [1.29, 1.82) is 0 Å². The van der Waals surface area contributed by atoms with E-state index in [9.17, 15) is 9.59 Å². The Morgan fingerprint density at radius 3 is 2.63 bits per heavy atom. The van der Waals surface area contributed by atoms with Crippen molar-refractivity contribution in [1.82, 2.24) is 14.8 Å². The zero-order valence-electron chi connectivity index (χ0n) is 20.9. The minimum Gasteiger partial charge on any atom is -0.494 e. The Morgan fingerprint density at radius 1 is 1.17 bits per heavy atom. The average Bonchev–Trinajstić information content (AvgIpc) is 3.45. The third-order valence-electron chi connectivity index (χ3n) is 7.63. The smallest absolute Gasteiger partial charge is 0.271 e. The van der Waals surface area contributed by atoms with Crippen LogP contribution in [0.2, 0.25) is 0 Å². The van der Waals surface area contributed by atoms with Crippen molar-refractivity contribution in [3.63, 3.8) is 0 Å². The highest BCUT2D eigenvalue weighted by molar-refractivity contribution is 7.17. The van der Waals surface area contributed by atoms with Crippen LogP contribution in [0.4, 0.5) is 0 Å². The Bertz CT molecular complexity index is 1210. The van der Waals surface area contributed by atoms with E-state index in [1.165, 1.54) is 0 Å². The number of rotatable bonds is 7. The van der Waals surface area contributed by atoms with Crippen molar-refractivity contribution >= 4 is 33.4 Å². The lowest BCUT2D eigenvalue weighted by Crippen LogP contribution is -2.64. The van der Waals surface area contributed by atoms with Crippen LogP contribution < -0.4 is 10.1 Å². The van der Waals surface area contributed by atoms with E-state index in [1.807, 2.05) is 53.3 Å². The van der Waals surface area contributed by atoms with Gasteiger partial charge in [-0.15, -0.1) is 11.3 Å². The standard InChI is InChI=1S/C28H35N3O3S/c1-4-14-34-22-11-7-20(8-12-22)17-31-26(32)24-16-25-23(13-15-35-25)30(24)18-28(31,3)27(33)29-21-9-5-19(2)6-10-21/h7-8,11-13,15-16,19,21H,4-6,9-10,14,17-18H2,1-3H3,(H,29,33). The molecule has 3 heterocycles. The third-order valence-corrected chi connectivity index (χ3v) is 8.48. The average molecular weight is 494 g/mol. The van der Waals surface area contributed by atoms with Gasteiger partial charge in [-0.2, -0.15) is 0 Å². The molecule has 2 amide bonds. The SMILES string of the molecule is CCCOc1ccc(CN2C(=O)c3cc4sccc4n3CC2(C)C(=O)NC2CCC(C)CC2)cc1. The summed E-state index contributed by atoms with van der Waals surface area (Å²) < 4.78 is 8.83. The lowest BCUT2D eigenvalue weighted by molar-refractivity contribution is -0.134. The molecule has 1 atom stereocenters. The lowest BCUT2D eigenvalue weighted by Gasteiger charge is -2.45. The molecule has 1 N–H and O–H groups in total. The second-order valence-electron chi connectivity index (χ2n) is 10.4. The van der Waals surface area contributed by atoms with E-state index >= 15 is 0 Å². The summed E-state index contributed by atoms with van der Waals surface area (Å²) in [5.41, 5.74) is 1.68. The molecule has 0 radical (unpaired) electrons. The minimum atomic E-state index is -0.988. The summed E-state index contributed by atoms with van der Waals surface area (Å²) in [6.07, 6.45) is 5.22. The van der Waals surface area contributed by atoms with Gasteiger partial charge in [-0.05, 0) is 80.2 Å². The molecule has 1 unspecified atom stereocenters. The number of nitrogens with zero attached hydrogens (tertiary/aromatic N) is 2. The first kappa shape index (κ1) is 23.9. The number of benzene rings is 1. The Hall–Kier alpha value is -2.80. The second kappa shape index (κ2) is 9.69. The van der Waals surface area contributed by atoms with E-state index in [-0.39, 0.29) is 17.9 Å². The van der Waals surface area contributed by atoms with Crippen LogP contribution in [-0.2, 0) is 17.9 Å². The fourth-order valence-electron chi connectivity index (χ4n) is 5.36. The monoisotopic (exact) mass is 493 g/mol. The molecule has 0 spiro atoms. The Morgan fingerprint density at radius 2 is 1.91 bits per heavy atom. The molecule has 1 saturated carbocycles. The summed E-state index contributed by atoms with van der Waals surface area (Å²) in [5.74, 6) is 1.38. The van der Waals surface area contributed by atoms with Gasteiger partial charge in [-0.25, -0.2) is 0 Å². The van der Waals surface area contributed by atoms with Gasteiger partial charge in [0, 0.05) is 12.6 Å². The molecule has 1 aliphatic heterocycles. The van der Waals surface area contributed by atoms with Gasteiger partial charge in [0.25, 0.3) is 5.91 Å². The first-order chi connectivity index (χ1) is 16.9. The highest BCUT2D eigenvalue weighted by Gasteiger charge is 2.48. The van der Waals surface area contributed by atoms with Crippen LogP contribution >= 0.6 is 11.3 Å². The molecule has 186 valence electrons. The lowest BCUT2D eigenvalue weighted by atomic mass is 9.86. The predicted molar refractivity (Wildman–Crippen MR) is 140 cm³/mol. The summed E-state index contributed by atoms with van der Waals surface area (Å²) in [7, 11) is 0. The number of amides is 2. The fourth-order valence-corrected chi connectivity index (χ4v) is 6.18. The first-order valence-electron chi connectivity index (χ1n) is 12.8. The van der Waals surface area contributed by atoms with Crippen LogP contribution in [0.3, 0.4) is 0 Å². The van der Waals surface area contributed by atoms with E-state index in [0.29, 0.717) is 31.3 Å². The molecule has 2 aromatic heterocycles. The quantitative estimate of drug-likeness (QED) is 0.466. The third kappa shape index (κ3) is 4.58. The van der Waals surface area contributed by atoms with Gasteiger partial charge in [0.05, 0.1) is 23.4 Å². The van der Waals surface area contributed by atoms with Crippen molar-refractivity contribution in [2.24, 2.45) is 5.92 Å². The summed E-state index contributed by atoms with van der Waals surface area (Å²) >= 11 is 1.63. The molecule has 3 aromatic rings. The van der Waals surface area contributed by atoms with Gasteiger partial charge in [-0.3, -0.25) is 9.59 Å². The molecule has 1 aliphatic carbocycles. The number of carbonyl (C=O) groups is 2. The normalized spacial score (nSPS) is 24.4. The number of fused-ring (bicyclic) bond motifs is 3. The number of hydrogen-bond acceptors (Lipinski definition) is 4. The number of thiophene rings is 1. The van der Waals surface area contributed by atoms with Gasteiger partial charge in [0.2, 0.25) is 5.91 Å². The number of ether oxygens (including phenoxy) is 1. The van der Waals surface area contributed by atoms with Gasteiger partial charge in [-0.1, -0.05) is 26.0 Å². The molecular formula is C28H35N3O3S. The van der Waals surface area contributed by atoms with E-state index in [2.05, 4.69) is 19.2 Å². The zero-order valence-corrected chi connectivity index (χ0v) is 21.7. The van der Waals surface area contributed by atoms with Crippen molar-refractivity contribution in [2.75, 3.05) is 6.61 Å². The Labute approximate surface area is 211 Å². The summed E-state index contributed by atoms with van der Waals surface area (Å²) in [6.45, 7) is 7.77.